The Hall–Kier alpha value is -1.23. The fourth-order valence-electron chi connectivity index (χ4n) is 2.05. The average Bonchev–Trinajstić information content (AvgIpc) is 2.27. The van der Waals surface area contributed by atoms with Gasteiger partial charge in [0.25, 0.3) is 0 Å². The fourth-order valence-corrected chi connectivity index (χ4v) is 2.24. The Kier molecular flexibility index (Phi) is 4.40. The first-order valence-corrected chi connectivity index (χ1v) is 6.17. The van der Waals surface area contributed by atoms with E-state index in [1.165, 1.54) is 0 Å². The first-order chi connectivity index (χ1) is 7.98. The summed E-state index contributed by atoms with van der Waals surface area (Å²) in [6, 6.07) is 0. The molecule has 0 radical (unpaired) electrons. The van der Waals surface area contributed by atoms with Gasteiger partial charge in [0, 0.05) is 0 Å². The molecule has 2 N–H and O–H groups in total. The number of carbonyl (C=O) groups is 2. The van der Waals surface area contributed by atoms with E-state index in [4.69, 9.17) is 12.2 Å². The normalized spacial score (nSPS) is 21.2. The molecule has 1 aliphatic rings. The van der Waals surface area contributed by atoms with Gasteiger partial charge in [0.2, 0.25) is 11.8 Å². The summed E-state index contributed by atoms with van der Waals surface area (Å²) in [4.78, 5) is 24.3. The minimum atomic E-state index is -1.04. The molecule has 1 saturated heterocycles. The van der Waals surface area contributed by atoms with Gasteiger partial charge >= 0.3 is 0 Å². The van der Waals surface area contributed by atoms with Crippen molar-refractivity contribution in [2.24, 2.45) is 11.3 Å². The topological polar surface area (TPSA) is 58.2 Å². The lowest BCUT2D eigenvalue weighted by Gasteiger charge is -2.38. The second kappa shape index (κ2) is 5.40. The molecule has 0 aliphatic carbocycles. The zero-order valence-electron chi connectivity index (χ0n) is 10.4. The molecular formula is C12H18N2O2S. The predicted molar refractivity (Wildman–Crippen MR) is 70.2 cm³/mol. The summed E-state index contributed by atoms with van der Waals surface area (Å²) in [7, 11) is 0. The van der Waals surface area contributed by atoms with Crippen LogP contribution in [0.15, 0.2) is 12.2 Å². The molecule has 0 aromatic rings. The van der Waals surface area contributed by atoms with Gasteiger partial charge in [-0.25, -0.2) is 0 Å². The third-order valence-electron chi connectivity index (χ3n) is 3.39. The van der Waals surface area contributed by atoms with Gasteiger partial charge in [0.05, 0.1) is 0 Å². The van der Waals surface area contributed by atoms with Crippen molar-refractivity contribution >= 4 is 29.1 Å². The molecule has 1 atom stereocenters. The number of nitrogens with one attached hydrogen (secondary N) is 2. The highest BCUT2D eigenvalue weighted by atomic mass is 32.1. The maximum Gasteiger partial charge on any atom is 0.242 e. The van der Waals surface area contributed by atoms with Crippen molar-refractivity contribution in [3.8, 4) is 0 Å². The molecule has 0 aromatic carbocycles. The van der Waals surface area contributed by atoms with Crippen molar-refractivity contribution in [3.63, 3.8) is 0 Å². The maximum absolute atomic E-state index is 12.1. The van der Waals surface area contributed by atoms with Crippen LogP contribution in [0, 0.1) is 11.3 Å². The van der Waals surface area contributed by atoms with Crippen LogP contribution in [-0.2, 0) is 9.59 Å². The van der Waals surface area contributed by atoms with Gasteiger partial charge in [-0.05, 0) is 31.5 Å². The smallest absolute Gasteiger partial charge is 0.242 e. The molecule has 1 rings (SSSR count). The van der Waals surface area contributed by atoms with E-state index in [9.17, 15) is 9.59 Å². The summed E-state index contributed by atoms with van der Waals surface area (Å²) in [6.45, 7) is 5.75. The Morgan fingerprint density at radius 2 is 1.88 bits per heavy atom. The standard InChI is InChI=1S/C12H18N2O2S/c1-4-6-7-12(8(3)5-2)9(15)13-11(17)14-10(12)16/h4,6,8H,5,7H2,1-3H3,(H2,13,14,15,16,17). The first kappa shape index (κ1) is 13.8. The van der Waals surface area contributed by atoms with Crippen LogP contribution >= 0.6 is 12.2 Å². The average molecular weight is 254 g/mol. The van der Waals surface area contributed by atoms with Gasteiger partial charge in [-0.2, -0.15) is 0 Å². The van der Waals surface area contributed by atoms with E-state index in [2.05, 4.69) is 10.6 Å². The molecule has 17 heavy (non-hydrogen) atoms. The summed E-state index contributed by atoms with van der Waals surface area (Å²) in [5.74, 6) is -0.626. The highest BCUT2D eigenvalue weighted by Gasteiger charge is 2.51. The van der Waals surface area contributed by atoms with Crippen LogP contribution in [-0.4, -0.2) is 16.9 Å². The Bertz CT molecular complexity index is 357. The number of amides is 2. The van der Waals surface area contributed by atoms with Crippen molar-refractivity contribution in [1.82, 2.24) is 10.6 Å². The van der Waals surface area contributed by atoms with Crippen LogP contribution in [0.5, 0.6) is 0 Å². The number of rotatable bonds is 4. The fraction of sp³-hybridized carbons (Fsp3) is 0.583. The van der Waals surface area contributed by atoms with E-state index in [0.29, 0.717) is 6.42 Å². The van der Waals surface area contributed by atoms with Crippen LogP contribution in [0.2, 0.25) is 0 Å². The SMILES string of the molecule is CC=CCC1(C(C)CC)C(=O)NC(=S)NC1=O. The zero-order chi connectivity index (χ0) is 13.1. The number of hydrogen-bond donors (Lipinski definition) is 2. The summed E-state index contributed by atoms with van der Waals surface area (Å²) in [5, 5.41) is 5.20. The van der Waals surface area contributed by atoms with Crippen LogP contribution in [0.3, 0.4) is 0 Å². The van der Waals surface area contributed by atoms with Crippen LogP contribution in [0.1, 0.15) is 33.6 Å². The van der Waals surface area contributed by atoms with Crippen LogP contribution < -0.4 is 10.6 Å². The van der Waals surface area contributed by atoms with E-state index < -0.39 is 5.41 Å². The third-order valence-corrected chi connectivity index (χ3v) is 3.60. The highest BCUT2D eigenvalue weighted by Crippen LogP contribution is 2.36. The molecule has 1 aliphatic heterocycles. The van der Waals surface area contributed by atoms with E-state index in [1.807, 2.05) is 32.9 Å². The lowest BCUT2D eigenvalue weighted by molar-refractivity contribution is -0.147. The first-order valence-electron chi connectivity index (χ1n) is 5.77. The lowest BCUT2D eigenvalue weighted by atomic mass is 9.70. The van der Waals surface area contributed by atoms with Crippen molar-refractivity contribution in [1.29, 1.82) is 0 Å². The van der Waals surface area contributed by atoms with Crippen molar-refractivity contribution in [3.05, 3.63) is 12.2 Å². The number of thiocarbonyl (C=S) groups is 1. The summed E-state index contributed by atoms with van der Waals surface area (Å²) in [5.41, 5.74) is -1.04. The largest absolute Gasteiger partial charge is 0.302 e. The molecule has 4 nitrogen and oxygen atoms in total. The second-order valence-electron chi connectivity index (χ2n) is 4.29. The van der Waals surface area contributed by atoms with Gasteiger partial charge in [0.15, 0.2) is 5.11 Å². The lowest BCUT2D eigenvalue weighted by Crippen LogP contribution is -2.64. The molecule has 1 heterocycles. The third kappa shape index (κ3) is 2.39. The summed E-state index contributed by atoms with van der Waals surface area (Å²) >= 11 is 4.82. The van der Waals surface area contributed by atoms with E-state index >= 15 is 0 Å². The molecule has 94 valence electrons. The van der Waals surface area contributed by atoms with E-state index in [1.54, 1.807) is 0 Å². The molecule has 0 bridgehead atoms. The molecule has 1 fully saturated rings. The minimum absolute atomic E-state index is 0.0400. The Labute approximate surface area is 107 Å². The highest BCUT2D eigenvalue weighted by molar-refractivity contribution is 7.80. The van der Waals surface area contributed by atoms with Crippen LogP contribution in [0.25, 0.3) is 0 Å². The van der Waals surface area contributed by atoms with Gasteiger partial charge in [0.1, 0.15) is 5.41 Å². The van der Waals surface area contributed by atoms with Gasteiger partial charge in [-0.3, -0.25) is 9.59 Å². The molecular weight excluding hydrogens is 236 g/mol. The van der Waals surface area contributed by atoms with Crippen LogP contribution in [0.4, 0.5) is 0 Å². The van der Waals surface area contributed by atoms with Gasteiger partial charge in [-0.1, -0.05) is 32.4 Å². The maximum atomic E-state index is 12.1. The van der Waals surface area contributed by atoms with Crippen molar-refractivity contribution < 1.29 is 9.59 Å². The molecule has 0 aromatic heterocycles. The van der Waals surface area contributed by atoms with Crippen molar-refractivity contribution in [2.75, 3.05) is 0 Å². The molecule has 2 amide bonds. The van der Waals surface area contributed by atoms with Gasteiger partial charge < -0.3 is 10.6 Å². The Morgan fingerprint density at radius 1 is 1.35 bits per heavy atom. The summed E-state index contributed by atoms with van der Waals surface area (Å²) < 4.78 is 0. The second-order valence-corrected chi connectivity index (χ2v) is 4.70. The monoisotopic (exact) mass is 254 g/mol. The number of allylic oxidation sites excluding steroid dienone is 2. The zero-order valence-corrected chi connectivity index (χ0v) is 11.2. The molecule has 0 spiro atoms. The number of hydrogen-bond acceptors (Lipinski definition) is 3. The molecule has 0 saturated carbocycles. The minimum Gasteiger partial charge on any atom is -0.302 e. The molecule has 5 heteroatoms. The van der Waals surface area contributed by atoms with Crippen molar-refractivity contribution in [2.45, 2.75) is 33.6 Å². The van der Waals surface area contributed by atoms with E-state index in [-0.39, 0.29) is 22.8 Å². The van der Waals surface area contributed by atoms with Gasteiger partial charge in [-0.15, -0.1) is 0 Å². The Balaban J connectivity index is 3.15. The summed E-state index contributed by atoms with van der Waals surface area (Å²) in [6.07, 6.45) is 4.85. The predicted octanol–water partition coefficient (Wildman–Crippen LogP) is 1.52. The Morgan fingerprint density at radius 3 is 2.29 bits per heavy atom. The quantitative estimate of drug-likeness (QED) is 0.454. The van der Waals surface area contributed by atoms with E-state index in [0.717, 1.165) is 6.42 Å². The number of carbonyl (C=O) groups excluding carboxylic acids is 2. The molecule has 1 unspecified atom stereocenters.